The zero-order valence-electron chi connectivity index (χ0n) is 28.1. The van der Waals surface area contributed by atoms with Gasteiger partial charge >= 0.3 is 0 Å². The van der Waals surface area contributed by atoms with Crippen molar-refractivity contribution in [2.45, 2.75) is 19.3 Å². The second-order valence-corrected chi connectivity index (χ2v) is 14.3. The van der Waals surface area contributed by atoms with Gasteiger partial charge in [-0.2, -0.15) is 0 Å². The molecule has 4 aromatic heterocycles. The van der Waals surface area contributed by atoms with Gasteiger partial charge in [0.15, 0.2) is 11.3 Å². The third-order valence-corrected chi connectivity index (χ3v) is 11.0. The van der Waals surface area contributed by atoms with Crippen molar-refractivity contribution in [3.63, 3.8) is 0 Å². The largest absolute Gasteiger partial charge is 0.228 e. The standard InChI is InChI=1S/C47H30N4/c1-47(2)39-25-29-19-21-41(37-23-27-11-3-5-13-31(27)33-15-7-9-17-35(33)37)48-45(29)50-43(39)44-40(47)26-30-20-22-42(49-46(30)51-44)38-24-28-12-4-6-14-32(28)34-16-8-10-18-36(34)38/h3-26H,1-2H3. The highest BCUT2D eigenvalue weighted by molar-refractivity contribution is 6.14. The molecule has 0 fully saturated rings. The minimum atomic E-state index is -0.270. The minimum Gasteiger partial charge on any atom is -0.228 e. The molecule has 10 aromatic rings. The highest BCUT2D eigenvalue weighted by Gasteiger charge is 2.38. The van der Waals surface area contributed by atoms with Gasteiger partial charge in [0.1, 0.15) is 0 Å². The first kappa shape index (κ1) is 28.3. The summed E-state index contributed by atoms with van der Waals surface area (Å²) in [5.41, 5.74) is 9.32. The fraction of sp³-hybridized carbons (Fsp3) is 0.0638. The average Bonchev–Trinajstić information content (AvgIpc) is 3.39. The Balaban J connectivity index is 1.09. The maximum Gasteiger partial charge on any atom is 0.160 e. The van der Waals surface area contributed by atoms with Gasteiger partial charge in [0.25, 0.3) is 0 Å². The van der Waals surface area contributed by atoms with E-state index in [1.165, 1.54) is 54.2 Å². The molecule has 1 aliphatic carbocycles. The van der Waals surface area contributed by atoms with E-state index in [0.717, 1.165) is 56.0 Å². The highest BCUT2D eigenvalue weighted by atomic mass is 14.9. The number of hydrogen-bond acceptors (Lipinski definition) is 4. The number of nitrogens with zero attached hydrogens (tertiary/aromatic N) is 4. The molecule has 6 aromatic carbocycles. The summed E-state index contributed by atoms with van der Waals surface area (Å²) in [7, 11) is 0. The zero-order valence-corrected chi connectivity index (χ0v) is 28.1. The van der Waals surface area contributed by atoms with Crippen molar-refractivity contribution < 1.29 is 0 Å². The molecule has 0 saturated heterocycles. The molecular weight excluding hydrogens is 621 g/mol. The number of fused-ring (bicyclic) bond motifs is 11. The number of pyridine rings is 4. The summed E-state index contributed by atoms with van der Waals surface area (Å²) >= 11 is 0. The Hall–Kier alpha value is -6.52. The van der Waals surface area contributed by atoms with Crippen molar-refractivity contribution in [2.24, 2.45) is 0 Å². The van der Waals surface area contributed by atoms with Crippen LogP contribution >= 0.6 is 0 Å². The van der Waals surface area contributed by atoms with Crippen molar-refractivity contribution in [1.82, 2.24) is 19.9 Å². The van der Waals surface area contributed by atoms with Crippen molar-refractivity contribution in [2.75, 3.05) is 0 Å². The first-order valence-electron chi connectivity index (χ1n) is 17.5. The van der Waals surface area contributed by atoms with E-state index >= 15 is 0 Å². The smallest absolute Gasteiger partial charge is 0.160 e. The number of aromatic nitrogens is 4. The third-order valence-electron chi connectivity index (χ3n) is 11.0. The van der Waals surface area contributed by atoms with Gasteiger partial charge in [-0.3, -0.25) is 0 Å². The molecule has 238 valence electrons. The molecule has 0 saturated carbocycles. The van der Waals surface area contributed by atoms with Gasteiger partial charge in [-0.25, -0.2) is 19.9 Å². The van der Waals surface area contributed by atoms with Gasteiger partial charge in [-0.05, 0) is 103 Å². The lowest BCUT2D eigenvalue weighted by Gasteiger charge is -2.21. The van der Waals surface area contributed by atoms with E-state index in [-0.39, 0.29) is 5.41 Å². The monoisotopic (exact) mass is 650 g/mol. The molecule has 1 aliphatic rings. The number of hydrogen-bond donors (Lipinski definition) is 0. The molecule has 0 radical (unpaired) electrons. The summed E-state index contributed by atoms with van der Waals surface area (Å²) in [4.78, 5) is 21.0. The summed E-state index contributed by atoms with van der Waals surface area (Å²) in [6, 6.07) is 52.0. The van der Waals surface area contributed by atoms with E-state index < -0.39 is 0 Å². The molecule has 0 aliphatic heterocycles. The van der Waals surface area contributed by atoms with Crippen LogP contribution in [0.25, 0.3) is 99.1 Å². The fourth-order valence-corrected chi connectivity index (χ4v) is 8.39. The Morgan fingerprint density at radius 3 is 1.20 bits per heavy atom. The molecule has 0 unspecified atom stereocenters. The summed E-state index contributed by atoms with van der Waals surface area (Å²) in [5, 5.41) is 11.8. The summed E-state index contributed by atoms with van der Waals surface area (Å²) in [6.07, 6.45) is 0. The lowest BCUT2D eigenvalue weighted by Crippen LogP contribution is -2.15. The van der Waals surface area contributed by atoms with Crippen LogP contribution in [0.4, 0.5) is 0 Å². The SMILES string of the molecule is CC1(C)c2cc3ccc(-c4cc5ccccc5c5ccccc45)nc3nc2-c2nc3nc(-c4cc5ccccc5c5ccccc45)ccc3cc21. The van der Waals surface area contributed by atoms with Crippen LogP contribution in [0.2, 0.25) is 0 Å². The topological polar surface area (TPSA) is 51.6 Å². The van der Waals surface area contributed by atoms with Crippen LogP contribution in [0.1, 0.15) is 25.0 Å². The van der Waals surface area contributed by atoms with Crippen LogP contribution in [-0.4, -0.2) is 19.9 Å². The van der Waals surface area contributed by atoms with Crippen molar-refractivity contribution >= 4 is 65.2 Å². The predicted octanol–water partition coefficient (Wildman–Crippen LogP) is 11.8. The predicted molar refractivity (Wildman–Crippen MR) is 211 cm³/mol. The maximum atomic E-state index is 5.28. The van der Waals surface area contributed by atoms with Crippen molar-refractivity contribution in [1.29, 1.82) is 0 Å². The Morgan fingerprint density at radius 2 is 0.745 bits per heavy atom. The average molecular weight is 651 g/mol. The molecule has 0 N–H and O–H groups in total. The van der Waals surface area contributed by atoms with Gasteiger partial charge in [0.2, 0.25) is 0 Å². The lowest BCUT2D eigenvalue weighted by molar-refractivity contribution is 0.659. The Kier molecular flexibility index (Phi) is 5.70. The Morgan fingerprint density at radius 1 is 0.353 bits per heavy atom. The molecule has 0 atom stereocenters. The van der Waals surface area contributed by atoms with E-state index in [4.69, 9.17) is 19.9 Å². The van der Waals surface area contributed by atoms with E-state index in [9.17, 15) is 0 Å². The molecule has 0 spiro atoms. The molecule has 4 heteroatoms. The Labute approximate surface area is 294 Å². The number of benzene rings is 6. The molecule has 0 bridgehead atoms. The van der Waals surface area contributed by atoms with Crippen LogP contribution in [0.5, 0.6) is 0 Å². The van der Waals surface area contributed by atoms with Crippen LogP contribution in [0.15, 0.2) is 146 Å². The van der Waals surface area contributed by atoms with Crippen LogP contribution in [-0.2, 0) is 5.41 Å². The van der Waals surface area contributed by atoms with Gasteiger partial charge in [-0.1, -0.05) is 111 Å². The minimum absolute atomic E-state index is 0.270. The molecule has 0 amide bonds. The van der Waals surface area contributed by atoms with E-state index in [1.807, 2.05) is 0 Å². The molecule has 4 nitrogen and oxygen atoms in total. The third kappa shape index (κ3) is 4.08. The first-order chi connectivity index (χ1) is 25.0. The van der Waals surface area contributed by atoms with E-state index in [0.29, 0.717) is 0 Å². The number of rotatable bonds is 2. The van der Waals surface area contributed by atoms with Gasteiger partial charge in [0.05, 0.1) is 22.8 Å². The van der Waals surface area contributed by atoms with Gasteiger partial charge in [0, 0.05) is 27.3 Å². The van der Waals surface area contributed by atoms with Crippen molar-refractivity contribution in [3.8, 4) is 33.9 Å². The zero-order chi connectivity index (χ0) is 33.8. The maximum absolute atomic E-state index is 5.28. The molecule has 4 heterocycles. The summed E-state index contributed by atoms with van der Waals surface area (Å²) in [6.45, 7) is 4.54. The summed E-state index contributed by atoms with van der Waals surface area (Å²) < 4.78 is 0. The van der Waals surface area contributed by atoms with Crippen LogP contribution < -0.4 is 0 Å². The van der Waals surface area contributed by atoms with Gasteiger partial charge < -0.3 is 0 Å². The van der Waals surface area contributed by atoms with Crippen molar-refractivity contribution in [3.05, 3.63) is 157 Å². The van der Waals surface area contributed by atoms with E-state index in [2.05, 4.69) is 159 Å². The van der Waals surface area contributed by atoms with Gasteiger partial charge in [-0.15, -0.1) is 0 Å². The van der Waals surface area contributed by atoms with Crippen LogP contribution in [0.3, 0.4) is 0 Å². The lowest BCUT2D eigenvalue weighted by atomic mass is 9.82. The highest BCUT2D eigenvalue weighted by Crippen LogP contribution is 2.49. The van der Waals surface area contributed by atoms with E-state index in [1.54, 1.807) is 0 Å². The summed E-state index contributed by atoms with van der Waals surface area (Å²) in [5.74, 6) is 0. The first-order valence-corrected chi connectivity index (χ1v) is 17.5. The second-order valence-electron chi connectivity index (χ2n) is 14.3. The Bertz CT molecular complexity index is 2910. The quantitative estimate of drug-likeness (QED) is 0.175. The molecule has 51 heavy (non-hydrogen) atoms. The fourth-order valence-electron chi connectivity index (χ4n) is 8.39. The molecule has 11 rings (SSSR count). The van der Waals surface area contributed by atoms with Crippen LogP contribution in [0, 0.1) is 0 Å². The molecular formula is C47H30N4. The normalized spacial score (nSPS) is 13.5. The second kappa shape index (κ2) is 10.3.